The first-order valence-electron chi connectivity index (χ1n) is 8.31. The van der Waals surface area contributed by atoms with Gasteiger partial charge in [0.05, 0.1) is 11.7 Å². The maximum Gasteiger partial charge on any atom is 0.144 e. The Bertz CT molecular complexity index is 534. The van der Waals surface area contributed by atoms with Gasteiger partial charge in [0.15, 0.2) is 0 Å². The molecular formula is C17H24N4O. The molecule has 1 saturated carbocycles. The number of aliphatic hydroxyl groups excluding tert-OH is 1. The van der Waals surface area contributed by atoms with Crippen LogP contribution in [-0.2, 0) is 0 Å². The van der Waals surface area contributed by atoms with Crippen LogP contribution in [0.4, 0.5) is 5.82 Å². The number of hydrogen-bond donors (Lipinski definition) is 2. The smallest absolute Gasteiger partial charge is 0.144 e. The van der Waals surface area contributed by atoms with Crippen LogP contribution >= 0.6 is 0 Å². The standard InChI is InChI=1S/C17H24N4O/c18-12-13-4-3-9-19-17(13)20-14-7-10-21(11-8-14)15-5-1-2-6-16(15)22/h3-4,9,14-16,22H,1-2,5-8,10-11H2,(H,19,20). The highest BCUT2D eigenvalue weighted by Crippen LogP contribution is 2.26. The number of aliphatic hydroxyl groups is 1. The fourth-order valence-corrected chi connectivity index (χ4v) is 3.70. The molecule has 0 aromatic carbocycles. The molecule has 2 unspecified atom stereocenters. The Labute approximate surface area is 132 Å². The van der Waals surface area contributed by atoms with E-state index in [1.54, 1.807) is 18.3 Å². The van der Waals surface area contributed by atoms with E-state index in [4.69, 9.17) is 5.26 Å². The SMILES string of the molecule is N#Cc1cccnc1NC1CCN(C2CCCCC2O)CC1. The minimum atomic E-state index is -0.153. The van der Waals surface area contributed by atoms with Crippen molar-refractivity contribution >= 4 is 5.82 Å². The van der Waals surface area contributed by atoms with Crippen molar-refractivity contribution in [1.29, 1.82) is 5.26 Å². The quantitative estimate of drug-likeness (QED) is 0.895. The highest BCUT2D eigenvalue weighted by molar-refractivity contribution is 5.51. The number of hydrogen-bond acceptors (Lipinski definition) is 5. The zero-order valence-electron chi connectivity index (χ0n) is 12.9. The summed E-state index contributed by atoms with van der Waals surface area (Å²) in [5.41, 5.74) is 0.604. The van der Waals surface area contributed by atoms with E-state index in [2.05, 4.69) is 21.3 Å². The summed E-state index contributed by atoms with van der Waals surface area (Å²) in [6.07, 6.45) is 8.09. The molecule has 5 heteroatoms. The summed E-state index contributed by atoms with van der Waals surface area (Å²) in [5.74, 6) is 0.696. The molecule has 1 aromatic rings. The number of piperidine rings is 1. The third-order valence-electron chi connectivity index (χ3n) is 4.96. The van der Waals surface area contributed by atoms with E-state index in [0.717, 1.165) is 45.2 Å². The van der Waals surface area contributed by atoms with E-state index in [0.29, 0.717) is 23.5 Å². The predicted octanol–water partition coefficient (Wildman–Crippen LogP) is 2.13. The van der Waals surface area contributed by atoms with E-state index in [1.807, 2.05) is 0 Å². The first-order chi connectivity index (χ1) is 10.8. The van der Waals surface area contributed by atoms with Crippen LogP contribution in [0.1, 0.15) is 44.1 Å². The Balaban J connectivity index is 1.54. The number of nitrogens with one attached hydrogen (secondary N) is 1. The van der Waals surface area contributed by atoms with Crippen molar-refractivity contribution in [3.05, 3.63) is 23.9 Å². The van der Waals surface area contributed by atoms with Crippen LogP contribution < -0.4 is 5.32 Å². The summed E-state index contributed by atoms with van der Waals surface area (Å²) in [7, 11) is 0. The van der Waals surface area contributed by atoms with Crippen LogP contribution in [-0.4, -0.2) is 46.3 Å². The van der Waals surface area contributed by atoms with Gasteiger partial charge in [0, 0.05) is 31.4 Å². The minimum absolute atomic E-state index is 0.153. The van der Waals surface area contributed by atoms with Gasteiger partial charge in [-0.1, -0.05) is 12.8 Å². The molecule has 2 fully saturated rings. The molecule has 3 rings (SSSR count). The lowest BCUT2D eigenvalue weighted by Gasteiger charge is -2.41. The van der Waals surface area contributed by atoms with Gasteiger partial charge in [0.1, 0.15) is 11.9 Å². The van der Waals surface area contributed by atoms with Gasteiger partial charge in [0.2, 0.25) is 0 Å². The van der Waals surface area contributed by atoms with E-state index in [-0.39, 0.29) is 6.10 Å². The van der Waals surface area contributed by atoms with Gasteiger partial charge >= 0.3 is 0 Å². The molecule has 2 heterocycles. The predicted molar refractivity (Wildman–Crippen MR) is 85.4 cm³/mol. The van der Waals surface area contributed by atoms with Crippen molar-refractivity contribution in [2.45, 2.75) is 56.7 Å². The summed E-state index contributed by atoms with van der Waals surface area (Å²) in [5, 5.41) is 22.7. The molecule has 1 aliphatic heterocycles. The fraction of sp³-hybridized carbons (Fsp3) is 0.647. The zero-order valence-corrected chi connectivity index (χ0v) is 12.9. The van der Waals surface area contributed by atoms with E-state index < -0.39 is 0 Å². The van der Waals surface area contributed by atoms with Gasteiger partial charge in [-0.05, 0) is 37.8 Å². The third-order valence-corrected chi connectivity index (χ3v) is 4.96. The molecule has 0 spiro atoms. The van der Waals surface area contributed by atoms with Crippen LogP contribution in [0.2, 0.25) is 0 Å². The fourth-order valence-electron chi connectivity index (χ4n) is 3.70. The maximum atomic E-state index is 10.2. The molecule has 0 amide bonds. The van der Waals surface area contributed by atoms with Crippen molar-refractivity contribution in [3.8, 4) is 6.07 Å². The molecule has 1 aromatic heterocycles. The van der Waals surface area contributed by atoms with Crippen LogP contribution in [0.25, 0.3) is 0 Å². The van der Waals surface area contributed by atoms with Crippen molar-refractivity contribution in [3.63, 3.8) is 0 Å². The number of nitriles is 1. The highest BCUT2D eigenvalue weighted by Gasteiger charge is 2.31. The molecule has 2 aliphatic rings. The number of likely N-dealkylation sites (tertiary alicyclic amines) is 1. The monoisotopic (exact) mass is 300 g/mol. The summed E-state index contributed by atoms with van der Waals surface area (Å²) in [6.45, 7) is 2.02. The average molecular weight is 300 g/mol. The minimum Gasteiger partial charge on any atom is -0.391 e. The summed E-state index contributed by atoms with van der Waals surface area (Å²) >= 11 is 0. The largest absolute Gasteiger partial charge is 0.391 e. The van der Waals surface area contributed by atoms with Gasteiger partial charge in [-0.15, -0.1) is 0 Å². The summed E-state index contributed by atoms with van der Waals surface area (Å²) in [6, 6.07) is 6.47. The first kappa shape index (κ1) is 15.3. The van der Waals surface area contributed by atoms with Gasteiger partial charge < -0.3 is 10.4 Å². The summed E-state index contributed by atoms with van der Waals surface area (Å²) < 4.78 is 0. The molecule has 2 atom stereocenters. The van der Waals surface area contributed by atoms with E-state index in [9.17, 15) is 5.11 Å². The van der Waals surface area contributed by atoms with Gasteiger partial charge in [-0.25, -0.2) is 4.98 Å². The zero-order chi connectivity index (χ0) is 15.4. The lowest BCUT2D eigenvalue weighted by atomic mass is 9.89. The molecule has 118 valence electrons. The number of anilines is 1. The Kier molecular flexibility index (Phi) is 4.91. The summed E-state index contributed by atoms with van der Waals surface area (Å²) in [4.78, 5) is 6.73. The Morgan fingerprint density at radius 3 is 2.73 bits per heavy atom. The van der Waals surface area contributed by atoms with Gasteiger partial charge in [0.25, 0.3) is 0 Å². The van der Waals surface area contributed by atoms with Crippen molar-refractivity contribution < 1.29 is 5.11 Å². The van der Waals surface area contributed by atoms with Crippen LogP contribution in [0.3, 0.4) is 0 Å². The van der Waals surface area contributed by atoms with Crippen molar-refractivity contribution in [2.24, 2.45) is 0 Å². The van der Waals surface area contributed by atoms with Crippen molar-refractivity contribution in [2.75, 3.05) is 18.4 Å². The molecule has 1 saturated heterocycles. The van der Waals surface area contributed by atoms with Crippen molar-refractivity contribution in [1.82, 2.24) is 9.88 Å². The van der Waals surface area contributed by atoms with Crippen LogP contribution in [0.5, 0.6) is 0 Å². The second-order valence-corrected chi connectivity index (χ2v) is 6.39. The van der Waals surface area contributed by atoms with Gasteiger partial charge in [-0.2, -0.15) is 5.26 Å². The third kappa shape index (κ3) is 3.40. The number of pyridine rings is 1. The van der Waals surface area contributed by atoms with E-state index in [1.165, 1.54) is 6.42 Å². The van der Waals surface area contributed by atoms with Crippen LogP contribution in [0, 0.1) is 11.3 Å². The topological polar surface area (TPSA) is 72.2 Å². The second kappa shape index (κ2) is 7.08. The molecule has 5 nitrogen and oxygen atoms in total. The molecule has 2 N–H and O–H groups in total. The Morgan fingerprint density at radius 1 is 1.23 bits per heavy atom. The molecule has 0 bridgehead atoms. The van der Waals surface area contributed by atoms with Gasteiger partial charge in [-0.3, -0.25) is 4.90 Å². The van der Waals surface area contributed by atoms with Crippen LogP contribution in [0.15, 0.2) is 18.3 Å². The lowest BCUT2D eigenvalue weighted by molar-refractivity contribution is 0.00992. The average Bonchev–Trinajstić information content (AvgIpc) is 2.57. The number of rotatable bonds is 3. The molecule has 0 radical (unpaired) electrons. The first-order valence-corrected chi connectivity index (χ1v) is 8.31. The normalized spacial score (nSPS) is 27.3. The number of nitrogens with zero attached hydrogens (tertiary/aromatic N) is 3. The number of aromatic nitrogens is 1. The second-order valence-electron chi connectivity index (χ2n) is 6.39. The molecule has 22 heavy (non-hydrogen) atoms. The molecule has 1 aliphatic carbocycles. The Hall–Kier alpha value is -1.64. The lowest BCUT2D eigenvalue weighted by Crippen LogP contribution is -2.50. The van der Waals surface area contributed by atoms with E-state index >= 15 is 0 Å². The highest BCUT2D eigenvalue weighted by atomic mass is 16.3. The molecular weight excluding hydrogens is 276 g/mol. The maximum absolute atomic E-state index is 10.2. The Morgan fingerprint density at radius 2 is 2.00 bits per heavy atom.